The third-order valence-electron chi connectivity index (χ3n) is 4.02. The van der Waals surface area contributed by atoms with Crippen LogP contribution in [0.1, 0.15) is 51.0 Å². The Morgan fingerprint density at radius 1 is 1.26 bits per heavy atom. The van der Waals surface area contributed by atoms with Crippen LogP contribution in [0.15, 0.2) is 24.3 Å². The predicted molar refractivity (Wildman–Crippen MR) is 76.4 cm³/mol. The molecule has 0 fully saturated rings. The largest absolute Gasteiger partial charge is 0.481 e. The molecule has 0 amide bonds. The van der Waals surface area contributed by atoms with Crippen LogP contribution < -0.4 is 0 Å². The smallest absolute Gasteiger partial charge is 0.303 e. The Morgan fingerprint density at radius 3 is 2.74 bits per heavy atom. The van der Waals surface area contributed by atoms with Crippen molar-refractivity contribution in [1.82, 2.24) is 0 Å². The van der Waals surface area contributed by atoms with Crippen LogP contribution in [-0.4, -0.2) is 27.9 Å². The third-order valence-corrected chi connectivity index (χ3v) is 4.02. The normalized spacial score (nSPS) is 17.7. The summed E-state index contributed by atoms with van der Waals surface area (Å²) >= 11 is 0. The predicted octanol–water partition coefficient (Wildman–Crippen LogP) is 3.55. The number of para-hydroxylation sites is 1. The Kier molecular flexibility index (Phi) is 4.35. The standard InChI is InChI=1S/C16H21NO2/c1-12-13(2)17(11-7-3-4-10-16(18)19)15-9-6-5-8-14(12)15/h5-6,8-9,12H,3-4,7,10-11H2,1-2H3/p+1. The molecule has 2 rings (SSSR count). The number of benzene rings is 1. The summed E-state index contributed by atoms with van der Waals surface area (Å²) in [6.45, 7) is 5.44. The molecule has 1 N–H and O–H groups in total. The summed E-state index contributed by atoms with van der Waals surface area (Å²) in [5.74, 6) is -0.196. The lowest BCUT2D eigenvalue weighted by atomic mass is 9.99. The maximum Gasteiger partial charge on any atom is 0.303 e. The summed E-state index contributed by atoms with van der Waals surface area (Å²) in [5.41, 5.74) is 4.13. The van der Waals surface area contributed by atoms with E-state index in [4.69, 9.17) is 5.11 Å². The molecule has 0 spiro atoms. The zero-order valence-corrected chi connectivity index (χ0v) is 11.7. The fourth-order valence-electron chi connectivity index (χ4n) is 2.77. The lowest BCUT2D eigenvalue weighted by Crippen LogP contribution is -2.13. The van der Waals surface area contributed by atoms with Crippen LogP contribution in [0.3, 0.4) is 0 Å². The van der Waals surface area contributed by atoms with Crippen LogP contribution in [0.25, 0.3) is 0 Å². The van der Waals surface area contributed by atoms with Gasteiger partial charge in [0.2, 0.25) is 5.69 Å². The minimum atomic E-state index is -0.692. The summed E-state index contributed by atoms with van der Waals surface area (Å²) in [4.78, 5) is 10.5. The first kappa shape index (κ1) is 13.8. The van der Waals surface area contributed by atoms with Gasteiger partial charge in [0.1, 0.15) is 6.54 Å². The number of nitrogens with zero attached hydrogens (tertiary/aromatic N) is 1. The fraction of sp³-hybridized carbons (Fsp3) is 0.500. The van der Waals surface area contributed by atoms with E-state index < -0.39 is 5.97 Å². The van der Waals surface area contributed by atoms with Gasteiger partial charge < -0.3 is 5.11 Å². The molecule has 3 heteroatoms. The van der Waals surface area contributed by atoms with Crippen LogP contribution >= 0.6 is 0 Å². The van der Waals surface area contributed by atoms with Crippen LogP contribution in [-0.2, 0) is 4.79 Å². The number of carboxylic acid groups (broad SMARTS) is 1. The van der Waals surface area contributed by atoms with Gasteiger partial charge in [-0.15, -0.1) is 0 Å². The van der Waals surface area contributed by atoms with Crippen LogP contribution in [0.2, 0.25) is 0 Å². The van der Waals surface area contributed by atoms with E-state index in [1.165, 1.54) is 17.0 Å². The highest BCUT2D eigenvalue weighted by Crippen LogP contribution is 2.34. The van der Waals surface area contributed by atoms with E-state index in [1.54, 1.807) is 0 Å². The molecule has 1 aromatic carbocycles. The van der Waals surface area contributed by atoms with Gasteiger partial charge in [0.25, 0.3) is 0 Å². The maximum atomic E-state index is 10.5. The number of rotatable bonds is 6. The SMILES string of the molecule is CC1=[N+](CCCCCC(=O)O)c2ccccc2C1C. The molecule has 1 aromatic rings. The summed E-state index contributed by atoms with van der Waals surface area (Å²) in [5, 5.41) is 8.62. The summed E-state index contributed by atoms with van der Waals surface area (Å²) in [6, 6.07) is 8.56. The summed E-state index contributed by atoms with van der Waals surface area (Å²) in [7, 11) is 0. The first-order chi connectivity index (χ1) is 9.11. The van der Waals surface area contributed by atoms with Gasteiger partial charge in [0, 0.05) is 31.4 Å². The van der Waals surface area contributed by atoms with Gasteiger partial charge in [0.05, 0.1) is 5.92 Å². The first-order valence-electron chi connectivity index (χ1n) is 7.03. The number of unbranched alkanes of at least 4 members (excludes halogenated alkanes) is 2. The monoisotopic (exact) mass is 260 g/mol. The Morgan fingerprint density at radius 2 is 2.00 bits per heavy atom. The molecule has 1 aliphatic heterocycles. The van der Waals surface area contributed by atoms with Gasteiger partial charge >= 0.3 is 5.97 Å². The van der Waals surface area contributed by atoms with Crippen molar-refractivity contribution in [3.05, 3.63) is 29.8 Å². The molecule has 0 radical (unpaired) electrons. The summed E-state index contributed by atoms with van der Waals surface area (Å²) in [6.07, 6.45) is 3.09. The van der Waals surface area contributed by atoms with Gasteiger partial charge in [-0.25, -0.2) is 0 Å². The second kappa shape index (κ2) is 6.00. The highest BCUT2D eigenvalue weighted by atomic mass is 16.4. The number of hydrogen-bond acceptors (Lipinski definition) is 1. The molecule has 0 bridgehead atoms. The Hall–Kier alpha value is -1.64. The van der Waals surface area contributed by atoms with E-state index in [0.717, 1.165) is 25.8 Å². The van der Waals surface area contributed by atoms with Crippen molar-refractivity contribution in [3.8, 4) is 0 Å². The van der Waals surface area contributed by atoms with E-state index in [1.807, 2.05) is 0 Å². The molecular formula is C16H22NO2+. The minimum Gasteiger partial charge on any atom is -0.481 e. The van der Waals surface area contributed by atoms with Crippen LogP contribution in [0.4, 0.5) is 5.69 Å². The van der Waals surface area contributed by atoms with Gasteiger partial charge in [-0.1, -0.05) is 18.2 Å². The molecule has 1 aliphatic rings. The van der Waals surface area contributed by atoms with Crippen molar-refractivity contribution >= 4 is 17.4 Å². The maximum absolute atomic E-state index is 10.5. The Balaban J connectivity index is 1.95. The highest BCUT2D eigenvalue weighted by Gasteiger charge is 2.32. The van der Waals surface area contributed by atoms with Crippen molar-refractivity contribution in [3.63, 3.8) is 0 Å². The van der Waals surface area contributed by atoms with E-state index in [9.17, 15) is 4.79 Å². The van der Waals surface area contributed by atoms with Crippen LogP contribution in [0, 0.1) is 0 Å². The molecule has 0 aromatic heterocycles. The van der Waals surface area contributed by atoms with Crippen molar-refractivity contribution < 1.29 is 14.5 Å². The second-order valence-electron chi connectivity index (χ2n) is 5.28. The number of fused-ring (bicyclic) bond motifs is 1. The highest BCUT2D eigenvalue weighted by molar-refractivity contribution is 5.89. The van der Waals surface area contributed by atoms with Gasteiger partial charge in [-0.05, 0) is 19.8 Å². The van der Waals surface area contributed by atoms with E-state index in [2.05, 4.69) is 42.7 Å². The number of carbonyl (C=O) groups is 1. The summed E-state index contributed by atoms with van der Waals surface area (Å²) < 4.78 is 2.39. The minimum absolute atomic E-state index is 0.287. The van der Waals surface area contributed by atoms with E-state index >= 15 is 0 Å². The number of hydrogen-bond donors (Lipinski definition) is 1. The Labute approximate surface area is 114 Å². The number of aliphatic carboxylic acids is 1. The molecular weight excluding hydrogens is 238 g/mol. The van der Waals surface area contributed by atoms with Gasteiger partial charge in [-0.2, -0.15) is 4.58 Å². The van der Waals surface area contributed by atoms with Crippen molar-refractivity contribution in [2.24, 2.45) is 0 Å². The number of carboxylic acids is 1. The van der Waals surface area contributed by atoms with E-state index in [0.29, 0.717) is 5.92 Å². The van der Waals surface area contributed by atoms with Gasteiger partial charge in [0.15, 0.2) is 5.71 Å². The average Bonchev–Trinajstić information content (AvgIpc) is 2.63. The zero-order chi connectivity index (χ0) is 13.8. The first-order valence-corrected chi connectivity index (χ1v) is 7.03. The molecule has 1 atom stereocenters. The lowest BCUT2D eigenvalue weighted by Gasteiger charge is -2.01. The lowest BCUT2D eigenvalue weighted by molar-refractivity contribution is -0.439. The Bertz CT molecular complexity index is 505. The van der Waals surface area contributed by atoms with Crippen molar-refractivity contribution in [2.75, 3.05) is 6.54 Å². The van der Waals surface area contributed by atoms with Gasteiger partial charge in [-0.3, -0.25) is 4.79 Å². The zero-order valence-electron chi connectivity index (χ0n) is 11.7. The second-order valence-corrected chi connectivity index (χ2v) is 5.28. The molecule has 0 saturated heterocycles. The van der Waals surface area contributed by atoms with Crippen LogP contribution in [0.5, 0.6) is 0 Å². The molecule has 0 aliphatic carbocycles. The molecule has 3 nitrogen and oxygen atoms in total. The topological polar surface area (TPSA) is 40.3 Å². The molecule has 1 heterocycles. The van der Waals surface area contributed by atoms with Crippen molar-refractivity contribution in [1.29, 1.82) is 0 Å². The van der Waals surface area contributed by atoms with Crippen molar-refractivity contribution in [2.45, 2.75) is 45.4 Å². The molecule has 0 saturated carbocycles. The third kappa shape index (κ3) is 3.03. The molecule has 1 unspecified atom stereocenters. The molecule has 19 heavy (non-hydrogen) atoms. The molecule has 102 valence electrons. The average molecular weight is 260 g/mol. The van der Waals surface area contributed by atoms with E-state index in [-0.39, 0.29) is 6.42 Å². The quantitative estimate of drug-likeness (QED) is 0.627. The fourth-order valence-corrected chi connectivity index (χ4v) is 2.77.